The average Bonchev–Trinajstić information content (AvgIpc) is 3.30. The molecule has 0 heterocycles. The minimum absolute atomic E-state index is 0.0424. The van der Waals surface area contributed by atoms with Gasteiger partial charge in [-0.3, -0.25) is 9.59 Å². The van der Waals surface area contributed by atoms with Crippen LogP contribution < -0.4 is 0 Å². The lowest BCUT2D eigenvalue weighted by Gasteiger charge is -2.18. The molecule has 5 nitrogen and oxygen atoms in total. The molecule has 0 aliphatic carbocycles. The van der Waals surface area contributed by atoms with Gasteiger partial charge in [0.05, 0.1) is 6.61 Å². The van der Waals surface area contributed by atoms with Crippen LogP contribution >= 0.6 is 0 Å². The van der Waals surface area contributed by atoms with Crippen molar-refractivity contribution < 1.29 is 23.8 Å². The first-order valence-corrected chi connectivity index (χ1v) is 25.7. The molecule has 0 spiro atoms. The van der Waals surface area contributed by atoms with Crippen LogP contribution in [0.2, 0.25) is 0 Å². The molecular formula is C59H94O5. The first-order chi connectivity index (χ1) is 31.6. The monoisotopic (exact) mass is 883 g/mol. The Balaban J connectivity index is 4.42. The van der Waals surface area contributed by atoms with Crippen molar-refractivity contribution in [2.45, 2.75) is 207 Å². The van der Waals surface area contributed by atoms with Crippen LogP contribution in [0.25, 0.3) is 0 Å². The van der Waals surface area contributed by atoms with Crippen molar-refractivity contribution in [1.82, 2.24) is 0 Å². The molecule has 0 aromatic rings. The van der Waals surface area contributed by atoms with Crippen molar-refractivity contribution in [3.8, 4) is 0 Å². The zero-order valence-corrected chi connectivity index (χ0v) is 41.2. The molecule has 0 aromatic heterocycles. The van der Waals surface area contributed by atoms with Crippen LogP contribution in [0.15, 0.2) is 134 Å². The summed E-state index contributed by atoms with van der Waals surface area (Å²) in [5.41, 5.74) is 0. The number of esters is 2. The number of hydrogen-bond acceptors (Lipinski definition) is 5. The Morgan fingerprint density at radius 3 is 1.08 bits per heavy atom. The van der Waals surface area contributed by atoms with E-state index in [-0.39, 0.29) is 25.2 Å². The third-order valence-electron chi connectivity index (χ3n) is 10.2. The second kappa shape index (κ2) is 53.4. The highest BCUT2D eigenvalue weighted by atomic mass is 16.6. The van der Waals surface area contributed by atoms with Gasteiger partial charge in [-0.25, -0.2) is 0 Å². The van der Waals surface area contributed by atoms with E-state index < -0.39 is 6.10 Å². The molecule has 0 radical (unpaired) electrons. The maximum atomic E-state index is 12.8. The van der Waals surface area contributed by atoms with Gasteiger partial charge in [0, 0.05) is 19.4 Å². The van der Waals surface area contributed by atoms with Crippen molar-refractivity contribution >= 4 is 11.9 Å². The second-order valence-corrected chi connectivity index (χ2v) is 16.3. The SMILES string of the molecule is CC/C=C\C/C=C\C/C=C\C/C=C\CCCCCCCCC(=O)OCC(COCCCCCC/C=C\C/C=C\C/C=C\CC)OC(=O)CCCC/C=C\C/C=C\C/C=C\C/C=C\CC. The van der Waals surface area contributed by atoms with Gasteiger partial charge in [0.25, 0.3) is 0 Å². The first-order valence-electron chi connectivity index (χ1n) is 25.7. The number of carbonyl (C=O) groups is 2. The van der Waals surface area contributed by atoms with E-state index in [0.29, 0.717) is 19.4 Å². The van der Waals surface area contributed by atoms with Gasteiger partial charge in [-0.1, -0.05) is 193 Å². The molecule has 64 heavy (non-hydrogen) atoms. The number of carbonyl (C=O) groups excluding carboxylic acids is 2. The van der Waals surface area contributed by atoms with Gasteiger partial charge < -0.3 is 14.2 Å². The third kappa shape index (κ3) is 50.7. The molecule has 360 valence electrons. The number of unbranched alkanes of at least 4 members (excludes halogenated alkanes) is 12. The smallest absolute Gasteiger partial charge is 0.306 e. The van der Waals surface area contributed by atoms with E-state index in [4.69, 9.17) is 14.2 Å². The Labute approximate surface area is 394 Å². The maximum absolute atomic E-state index is 12.8. The summed E-state index contributed by atoms with van der Waals surface area (Å²) in [7, 11) is 0. The Morgan fingerprint density at radius 1 is 0.344 bits per heavy atom. The van der Waals surface area contributed by atoms with Crippen LogP contribution in [0, 0.1) is 0 Å². The highest BCUT2D eigenvalue weighted by Crippen LogP contribution is 2.12. The van der Waals surface area contributed by atoms with Crippen LogP contribution in [0.4, 0.5) is 0 Å². The molecular weight excluding hydrogens is 789 g/mol. The number of allylic oxidation sites excluding steroid dienone is 22. The molecule has 0 fully saturated rings. The molecule has 0 bridgehead atoms. The summed E-state index contributed by atoms with van der Waals surface area (Å²) in [6.07, 6.45) is 76.1. The highest BCUT2D eigenvalue weighted by Gasteiger charge is 2.17. The van der Waals surface area contributed by atoms with Crippen molar-refractivity contribution in [3.63, 3.8) is 0 Å². The van der Waals surface area contributed by atoms with Crippen LogP contribution in [-0.4, -0.2) is 37.9 Å². The van der Waals surface area contributed by atoms with E-state index >= 15 is 0 Å². The number of ether oxygens (including phenoxy) is 3. The maximum Gasteiger partial charge on any atom is 0.306 e. The lowest BCUT2D eigenvalue weighted by Crippen LogP contribution is -2.30. The first kappa shape index (κ1) is 60.0. The fraction of sp³-hybridized carbons (Fsp3) is 0.593. The molecule has 0 aliphatic rings. The van der Waals surface area contributed by atoms with E-state index in [0.717, 1.165) is 141 Å². The van der Waals surface area contributed by atoms with Gasteiger partial charge in [-0.2, -0.15) is 0 Å². The van der Waals surface area contributed by atoms with E-state index in [1.54, 1.807) is 0 Å². The van der Waals surface area contributed by atoms with Crippen LogP contribution in [0.1, 0.15) is 201 Å². The fourth-order valence-electron chi connectivity index (χ4n) is 6.45. The standard InChI is InChI=1S/C59H94O5/c1-4-7-10-13-16-19-22-25-28-29-30-31-33-34-37-40-43-46-49-52-58(60)63-56-57(55-62-54-51-48-45-42-39-36-27-24-21-18-15-12-9-6-3)64-59(61)53-50-47-44-41-38-35-32-26-23-20-17-14-11-8-5-2/h7-12,16-21,25-28,30-32,36,38,41,57H,4-6,13-15,22-24,29,33-35,37,39-40,42-56H2,1-3H3/b10-7-,11-8-,12-9-,19-16-,20-17-,21-18-,28-25-,31-30-,32-26-,36-27-,41-38-. The van der Waals surface area contributed by atoms with Gasteiger partial charge in [0.1, 0.15) is 6.61 Å². The molecule has 0 aromatic carbocycles. The van der Waals surface area contributed by atoms with Gasteiger partial charge in [0.15, 0.2) is 6.10 Å². The zero-order chi connectivity index (χ0) is 46.3. The minimum atomic E-state index is -0.585. The summed E-state index contributed by atoms with van der Waals surface area (Å²) >= 11 is 0. The molecule has 5 heteroatoms. The topological polar surface area (TPSA) is 61.8 Å². The Morgan fingerprint density at radius 2 is 0.656 bits per heavy atom. The molecule has 0 rings (SSSR count). The lowest BCUT2D eigenvalue weighted by molar-refractivity contribution is -0.163. The van der Waals surface area contributed by atoms with Crippen LogP contribution in [0.5, 0.6) is 0 Å². The molecule has 1 unspecified atom stereocenters. The normalized spacial score (nSPS) is 13.4. The van der Waals surface area contributed by atoms with Crippen molar-refractivity contribution in [2.24, 2.45) is 0 Å². The molecule has 0 N–H and O–H groups in total. The van der Waals surface area contributed by atoms with Gasteiger partial charge in [-0.15, -0.1) is 0 Å². The average molecular weight is 883 g/mol. The third-order valence-corrected chi connectivity index (χ3v) is 10.2. The zero-order valence-electron chi connectivity index (χ0n) is 41.2. The van der Waals surface area contributed by atoms with E-state index in [2.05, 4.69) is 154 Å². The predicted molar refractivity (Wildman–Crippen MR) is 278 cm³/mol. The molecule has 1 atom stereocenters. The second-order valence-electron chi connectivity index (χ2n) is 16.3. The van der Waals surface area contributed by atoms with Crippen molar-refractivity contribution in [3.05, 3.63) is 134 Å². The quantitative estimate of drug-likeness (QED) is 0.0346. The van der Waals surface area contributed by atoms with Crippen LogP contribution in [-0.2, 0) is 23.8 Å². The fourth-order valence-corrected chi connectivity index (χ4v) is 6.45. The minimum Gasteiger partial charge on any atom is -0.462 e. The van der Waals surface area contributed by atoms with E-state index in [9.17, 15) is 9.59 Å². The summed E-state index contributed by atoms with van der Waals surface area (Å²) in [6, 6.07) is 0. The summed E-state index contributed by atoms with van der Waals surface area (Å²) in [4.78, 5) is 25.4. The lowest BCUT2D eigenvalue weighted by atomic mass is 10.1. The van der Waals surface area contributed by atoms with E-state index in [1.807, 2.05) is 0 Å². The van der Waals surface area contributed by atoms with Crippen molar-refractivity contribution in [2.75, 3.05) is 19.8 Å². The van der Waals surface area contributed by atoms with Gasteiger partial charge in [0.2, 0.25) is 0 Å². The Hall–Kier alpha value is -3.96. The summed E-state index contributed by atoms with van der Waals surface area (Å²) < 4.78 is 17.3. The van der Waals surface area contributed by atoms with Crippen LogP contribution in [0.3, 0.4) is 0 Å². The van der Waals surface area contributed by atoms with Gasteiger partial charge in [-0.05, 0) is 128 Å². The summed E-state index contributed by atoms with van der Waals surface area (Å²) in [6.45, 7) is 7.36. The predicted octanol–water partition coefficient (Wildman–Crippen LogP) is 17.6. The van der Waals surface area contributed by atoms with Gasteiger partial charge >= 0.3 is 11.9 Å². The Bertz CT molecular complexity index is 1370. The summed E-state index contributed by atoms with van der Waals surface area (Å²) in [5.74, 6) is -0.485. The Kier molecular flexibility index (Phi) is 50.1. The molecule has 0 amide bonds. The molecule has 0 saturated carbocycles. The number of hydrogen-bond donors (Lipinski definition) is 0. The summed E-state index contributed by atoms with van der Waals surface area (Å²) in [5, 5.41) is 0. The molecule has 0 aliphatic heterocycles. The number of rotatable bonds is 45. The highest BCUT2D eigenvalue weighted by molar-refractivity contribution is 5.70. The van der Waals surface area contributed by atoms with E-state index in [1.165, 1.54) is 25.7 Å². The largest absolute Gasteiger partial charge is 0.462 e. The molecule has 0 saturated heterocycles. The van der Waals surface area contributed by atoms with Crippen molar-refractivity contribution in [1.29, 1.82) is 0 Å².